The number of amides is 1. The number of carbonyl (C=O) groups excluding carboxylic acids is 1. The maximum Gasteiger partial charge on any atom is 0.253 e. The van der Waals surface area contributed by atoms with Crippen molar-refractivity contribution in [2.24, 2.45) is 5.92 Å². The number of hydrogen-bond acceptors (Lipinski definition) is 4. The first-order valence-electron chi connectivity index (χ1n) is 10.8. The van der Waals surface area contributed by atoms with Crippen LogP contribution >= 0.6 is 0 Å². The molecule has 0 radical (unpaired) electrons. The van der Waals surface area contributed by atoms with E-state index in [1.165, 1.54) is 22.0 Å². The third-order valence-corrected chi connectivity index (χ3v) is 7.92. The first-order chi connectivity index (χ1) is 14.8. The molecule has 1 fully saturated rings. The lowest BCUT2D eigenvalue weighted by atomic mass is 9.97. The highest BCUT2D eigenvalue weighted by atomic mass is 32.2. The predicted molar refractivity (Wildman–Crippen MR) is 121 cm³/mol. The summed E-state index contributed by atoms with van der Waals surface area (Å²) < 4.78 is 32.4. The second kappa shape index (κ2) is 10.4. The van der Waals surface area contributed by atoms with E-state index in [4.69, 9.17) is 4.74 Å². The Kier molecular flexibility index (Phi) is 7.86. The van der Waals surface area contributed by atoms with E-state index in [-0.39, 0.29) is 16.8 Å². The Morgan fingerprint density at radius 3 is 2.26 bits per heavy atom. The van der Waals surface area contributed by atoms with Gasteiger partial charge in [0.25, 0.3) is 5.91 Å². The summed E-state index contributed by atoms with van der Waals surface area (Å²) in [6.07, 6.45) is 1.82. The fourth-order valence-electron chi connectivity index (χ4n) is 3.62. The molecule has 0 spiro atoms. The van der Waals surface area contributed by atoms with Gasteiger partial charge in [-0.05, 0) is 62.4 Å². The Balaban J connectivity index is 1.50. The Bertz CT molecular complexity index is 951. The number of carbonyl (C=O) groups is 1. The standard InChI is InChI=1S/C24H32N2O4S/c1-19(2)25(3)31(28,29)23-11-9-22(10-12-23)24(27)26-15-13-21(14-16-26)18-30-17-20-7-5-4-6-8-20/h4-12,19,21H,13-18H2,1-3H3. The van der Waals surface area contributed by atoms with Crippen LogP contribution in [-0.2, 0) is 21.4 Å². The quantitative estimate of drug-likeness (QED) is 0.621. The van der Waals surface area contributed by atoms with Crippen molar-refractivity contribution in [3.8, 4) is 0 Å². The lowest BCUT2D eigenvalue weighted by molar-refractivity contribution is 0.0478. The van der Waals surface area contributed by atoms with Gasteiger partial charge in [-0.25, -0.2) is 8.42 Å². The molecule has 0 unspecified atom stereocenters. The summed E-state index contributed by atoms with van der Waals surface area (Å²) >= 11 is 0. The molecule has 0 atom stereocenters. The Morgan fingerprint density at radius 2 is 1.68 bits per heavy atom. The molecule has 0 aliphatic carbocycles. The van der Waals surface area contributed by atoms with E-state index in [2.05, 4.69) is 12.1 Å². The molecule has 1 heterocycles. The summed E-state index contributed by atoms with van der Waals surface area (Å²) in [5, 5.41) is 0. The number of sulfonamides is 1. The molecule has 0 aromatic heterocycles. The third kappa shape index (κ3) is 5.93. The van der Waals surface area contributed by atoms with Crippen LogP contribution < -0.4 is 0 Å². The van der Waals surface area contributed by atoms with Crippen molar-refractivity contribution in [1.82, 2.24) is 9.21 Å². The molecule has 1 amide bonds. The molecular formula is C24H32N2O4S. The van der Waals surface area contributed by atoms with Crippen LogP contribution in [0.15, 0.2) is 59.5 Å². The van der Waals surface area contributed by atoms with Crippen LogP contribution in [0.2, 0.25) is 0 Å². The SMILES string of the molecule is CC(C)N(C)S(=O)(=O)c1ccc(C(=O)N2CCC(COCc3ccccc3)CC2)cc1. The summed E-state index contributed by atoms with van der Waals surface area (Å²) in [7, 11) is -1.99. The lowest BCUT2D eigenvalue weighted by Crippen LogP contribution is -2.39. The zero-order valence-electron chi connectivity index (χ0n) is 18.5. The number of piperidine rings is 1. The van der Waals surface area contributed by atoms with Crippen molar-refractivity contribution in [3.63, 3.8) is 0 Å². The Labute approximate surface area is 185 Å². The van der Waals surface area contributed by atoms with Crippen molar-refractivity contribution < 1.29 is 17.9 Å². The smallest absolute Gasteiger partial charge is 0.253 e. The molecule has 1 aliphatic rings. The summed E-state index contributed by atoms with van der Waals surface area (Å²) in [5.41, 5.74) is 1.69. The first kappa shape index (κ1) is 23.4. The molecule has 0 bridgehead atoms. The number of hydrogen-bond donors (Lipinski definition) is 0. The van der Waals surface area contributed by atoms with Gasteiger partial charge in [-0.15, -0.1) is 0 Å². The van der Waals surface area contributed by atoms with Gasteiger partial charge in [-0.2, -0.15) is 4.31 Å². The molecule has 168 valence electrons. The molecule has 7 heteroatoms. The number of rotatable bonds is 8. The van der Waals surface area contributed by atoms with Gasteiger partial charge in [-0.3, -0.25) is 4.79 Å². The van der Waals surface area contributed by atoms with Gasteiger partial charge >= 0.3 is 0 Å². The van der Waals surface area contributed by atoms with Crippen molar-refractivity contribution in [1.29, 1.82) is 0 Å². The van der Waals surface area contributed by atoms with Crippen LogP contribution in [0.4, 0.5) is 0 Å². The van der Waals surface area contributed by atoms with Crippen LogP contribution in [0.5, 0.6) is 0 Å². The van der Waals surface area contributed by atoms with E-state index in [0.29, 0.717) is 37.8 Å². The van der Waals surface area contributed by atoms with Gasteiger partial charge in [0.05, 0.1) is 11.5 Å². The van der Waals surface area contributed by atoms with Gasteiger partial charge in [-0.1, -0.05) is 30.3 Å². The summed E-state index contributed by atoms with van der Waals surface area (Å²) in [6.45, 7) is 6.34. The number of nitrogens with zero attached hydrogens (tertiary/aromatic N) is 2. The highest BCUT2D eigenvalue weighted by molar-refractivity contribution is 7.89. The number of benzene rings is 2. The van der Waals surface area contributed by atoms with Gasteiger partial charge in [0, 0.05) is 38.3 Å². The molecule has 2 aromatic carbocycles. The van der Waals surface area contributed by atoms with Crippen LogP contribution in [0.25, 0.3) is 0 Å². The van der Waals surface area contributed by atoms with E-state index < -0.39 is 10.0 Å². The minimum absolute atomic E-state index is 0.0511. The molecule has 31 heavy (non-hydrogen) atoms. The average molecular weight is 445 g/mol. The minimum atomic E-state index is -3.55. The average Bonchev–Trinajstić information content (AvgIpc) is 2.79. The van der Waals surface area contributed by atoms with E-state index in [0.717, 1.165) is 12.8 Å². The summed E-state index contributed by atoms with van der Waals surface area (Å²) in [4.78, 5) is 14.9. The van der Waals surface area contributed by atoms with Crippen LogP contribution in [0.3, 0.4) is 0 Å². The van der Waals surface area contributed by atoms with Gasteiger partial charge in [0.15, 0.2) is 0 Å². The Morgan fingerprint density at radius 1 is 1.06 bits per heavy atom. The van der Waals surface area contributed by atoms with Crippen molar-refractivity contribution in [2.75, 3.05) is 26.7 Å². The second-order valence-electron chi connectivity index (χ2n) is 8.38. The highest BCUT2D eigenvalue weighted by Crippen LogP contribution is 2.22. The number of likely N-dealkylation sites (tertiary alicyclic amines) is 1. The highest BCUT2D eigenvalue weighted by Gasteiger charge is 2.26. The van der Waals surface area contributed by atoms with Crippen molar-refractivity contribution in [2.45, 2.75) is 44.2 Å². The van der Waals surface area contributed by atoms with E-state index in [1.54, 1.807) is 19.2 Å². The van der Waals surface area contributed by atoms with Gasteiger partial charge < -0.3 is 9.64 Å². The van der Waals surface area contributed by atoms with Crippen LogP contribution in [0, 0.1) is 5.92 Å². The second-order valence-corrected chi connectivity index (χ2v) is 10.4. The summed E-state index contributed by atoms with van der Waals surface area (Å²) in [6, 6.07) is 16.2. The molecule has 0 N–H and O–H groups in total. The maximum atomic E-state index is 12.8. The van der Waals surface area contributed by atoms with E-state index in [1.807, 2.05) is 36.9 Å². The fourth-order valence-corrected chi connectivity index (χ4v) is 4.98. The molecular weight excluding hydrogens is 412 g/mol. The third-order valence-electron chi connectivity index (χ3n) is 5.87. The van der Waals surface area contributed by atoms with Crippen molar-refractivity contribution >= 4 is 15.9 Å². The molecule has 3 rings (SSSR count). The predicted octanol–water partition coefficient (Wildman–Crippen LogP) is 3.78. The molecule has 1 saturated heterocycles. The van der Waals surface area contributed by atoms with Gasteiger partial charge in [0.2, 0.25) is 10.0 Å². The topological polar surface area (TPSA) is 66.9 Å². The zero-order valence-corrected chi connectivity index (χ0v) is 19.3. The lowest BCUT2D eigenvalue weighted by Gasteiger charge is -2.32. The Hall–Kier alpha value is -2.22. The maximum absolute atomic E-state index is 12.8. The van der Waals surface area contributed by atoms with Crippen LogP contribution in [0.1, 0.15) is 42.6 Å². The first-order valence-corrected chi connectivity index (χ1v) is 12.2. The summed E-state index contributed by atoms with van der Waals surface area (Å²) in [5.74, 6) is 0.400. The molecule has 0 saturated carbocycles. The van der Waals surface area contributed by atoms with Crippen molar-refractivity contribution in [3.05, 3.63) is 65.7 Å². The largest absolute Gasteiger partial charge is 0.376 e. The number of ether oxygens (including phenoxy) is 1. The monoisotopic (exact) mass is 444 g/mol. The molecule has 6 nitrogen and oxygen atoms in total. The molecule has 2 aromatic rings. The van der Waals surface area contributed by atoms with Crippen LogP contribution in [-0.4, -0.2) is 56.3 Å². The zero-order chi connectivity index (χ0) is 22.4. The molecule has 1 aliphatic heterocycles. The van der Waals surface area contributed by atoms with Gasteiger partial charge in [0.1, 0.15) is 0 Å². The minimum Gasteiger partial charge on any atom is -0.376 e. The van der Waals surface area contributed by atoms with E-state index >= 15 is 0 Å². The normalized spacial score (nSPS) is 15.6. The fraction of sp³-hybridized carbons (Fsp3) is 0.458. The van der Waals surface area contributed by atoms with E-state index in [9.17, 15) is 13.2 Å².